The number of hydrogen-bond acceptors (Lipinski definition) is 3. The molecule has 3 nitrogen and oxygen atoms in total. The molecule has 118 valence electrons. The first-order chi connectivity index (χ1) is 9.90. The Morgan fingerprint density at radius 1 is 1.43 bits per heavy atom. The van der Waals surface area contributed by atoms with E-state index in [4.69, 9.17) is 16.3 Å². The zero-order valence-corrected chi connectivity index (χ0v) is 12.4. The Labute approximate surface area is 126 Å². The van der Waals surface area contributed by atoms with Gasteiger partial charge in [0, 0.05) is 29.7 Å². The number of rotatable bonds is 6. The highest BCUT2D eigenvalue weighted by Crippen LogP contribution is 2.37. The largest absolute Gasteiger partial charge is 0.493 e. The summed E-state index contributed by atoms with van der Waals surface area (Å²) in [5, 5.41) is 3.68. The van der Waals surface area contributed by atoms with Gasteiger partial charge in [-0.25, -0.2) is 0 Å². The number of benzene rings is 1. The Hall–Kier alpha value is -0.980. The maximum atomic E-state index is 12.0. The molecule has 0 aliphatic carbocycles. The minimum absolute atomic E-state index is 0.00625. The lowest BCUT2D eigenvalue weighted by atomic mass is 10.00. The van der Waals surface area contributed by atoms with Crippen LogP contribution in [0, 0.1) is 0 Å². The Morgan fingerprint density at radius 2 is 2.19 bits per heavy atom. The molecule has 2 rings (SSSR count). The minimum atomic E-state index is -4.30. The molecule has 1 heterocycles. The Kier molecular flexibility index (Phi) is 5.35. The van der Waals surface area contributed by atoms with Gasteiger partial charge in [0.15, 0.2) is 0 Å². The van der Waals surface area contributed by atoms with Crippen molar-refractivity contribution in [1.82, 2.24) is 5.32 Å². The summed E-state index contributed by atoms with van der Waals surface area (Å²) in [6, 6.07) is 3.49. The average Bonchev–Trinajstić information content (AvgIpc) is 2.85. The van der Waals surface area contributed by atoms with Crippen LogP contribution in [0.1, 0.15) is 23.6 Å². The molecule has 1 aliphatic heterocycles. The van der Waals surface area contributed by atoms with Gasteiger partial charge in [-0.05, 0) is 31.2 Å². The van der Waals surface area contributed by atoms with Crippen molar-refractivity contribution in [3.8, 4) is 5.75 Å². The fourth-order valence-electron chi connectivity index (χ4n) is 2.40. The van der Waals surface area contributed by atoms with Gasteiger partial charge >= 0.3 is 6.18 Å². The van der Waals surface area contributed by atoms with Gasteiger partial charge < -0.3 is 14.8 Å². The normalized spacial score (nSPS) is 15.7. The van der Waals surface area contributed by atoms with E-state index in [9.17, 15) is 13.2 Å². The van der Waals surface area contributed by atoms with Crippen LogP contribution in [0.15, 0.2) is 12.1 Å². The van der Waals surface area contributed by atoms with Crippen LogP contribution in [0.25, 0.3) is 0 Å². The van der Waals surface area contributed by atoms with Crippen molar-refractivity contribution in [3.05, 3.63) is 28.3 Å². The van der Waals surface area contributed by atoms with Crippen LogP contribution in [-0.2, 0) is 11.2 Å². The second-order valence-corrected chi connectivity index (χ2v) is 5.32. The number of fused-ring (bicyclic) bond motifs is 1. The molecule has 0 saturated carbocycles. The van der Waals surface area contributed by atoms with Gasteiger partial charge in [0.05, 0.1) is 6.61 Å². The summed E-state index contributed by atoms with van der Waals surface area (Å²) in [5.41, 5.74) is 1.90. The van der Waals surface area contributed by atoms with Gasteiger partial charge in [0.2, 0.25) is 0 Å². The first kappa shape index (κ1) is 16.4. The standard InChI is InChI=1S/C14H17ClF3NO2/c1-19-12(3-4-20-8-14(16,17)18)11-7-10(15)6-9-2-5-21-13(9)11/h6-7,12,19H,2-5,8H2,1H3. The number of ether oxygens (including phenoxy) is 2. The lowest BCUT2D eigenvalue weighted by molar-refractivity contribution is -0.174. The van der Waals surface area contributed by atoms with E-state index in [2.05, 4.69) is 10.1 Å². The van der Waals surface area contributed by atoms with Crippen LogP contribution >= 0.6 is 11.6 Å². The molecule has 1 atom stereocenters. The van der Waals surface area contributed by atoms with Gasteiger partial charge in [-0.1, -0.05) is 11.6 Å². The van der Waals surface area contributed by atoms with Crippen LogP contribution in [0.2, 0.25) is 5.02 Å². The van der Waals surface area contributed by atoms with E-state index in [-0.39, 0.29) is 12.6 Å². The van der Waals surface area contributed by atoms with Crippen LogP contribution in [-0.4, -0.2) is 33.0 Å². The third kappa shape index (κ3) is 4.49. The number of alkyl halides is 3. The van der Waals surface area contributed by atoms with Gasteiger partial charge in [-0.2, -0.15) is 13.2 Å². The van der Waals surface area contributed by atoms with Crippen molar-refractivity contribution in [3.63, 3.8) is 0 Å². The van der Waals surface area contributed by atoms with Crippen molar-refractivity contribution in [2.24, 2.45) is 0 Å². The van der Waals surface area contributed by atoms with Crippen molar-refractivity contribution in [2.45, 2.75) is 25.1 Å². The molecule has 1 aliphatic rings. The Morgan fingerprint density at radius 3 is 2.86 bits per heavy atom. The molecule has 7 heteroatoms. The van der Waals surface area contributed by atoms with Crippen LogP contribution < -0.4 is 10.1 Å². The zero-order chi connectivity index (χ0) is 15.5. The van der Waals surface area contributed by atoms with Gasteiger partial charge in [-0.3, -0.25) is 0 Å². The van der Waals surface area contributed by atoms with E-state index < -0.39 is 12.8 Å². The fraction of sp³-hybridized carbons (Fsp3) is 0.571. The second kappa shape index (κ2) is 6.85. The predicted octanol–water partition coefficient (Wildman–Crippen LogP) is 3.50. The second-order valence-electron chi connectivity index (χ2n) is 4.88. The van der Waals surface area contributed by atoms with Crippen LogP contribution in [0.3, 0.4) is 0 Å². The Balaban J connectivity index is 2.01. The van der Waals surface area contributed by atoms with Crippen molar-refractivity contribution < 1.29 is 22.6 Å². The molecule has 0 spiro atoms. The lowest BCUT2D eigenvalue weighted by Crippen LogP contribution is -2.22. The number of halogens is 4. The third-order valence-electron chi connectivity index (χ3n) is 3.32. The number of hydrogen-bond donors (Lipinski definition) is 1. The highest BCUT2D eigenvalue weighted by atomic mass is 35.5. The fourth-order valence-corrected chi connectivity index (χ4v) is 2.65. The summed E-state index contributed by atoms with van der Waals surface area (Å²) in [4.78, 5) is 0. The van der Waals surface area contributed by atoms with Gasteiger partial charge in [0.25, 0.3) is 0 Å². The maximum absolute atomic E-state index is 12.0. The topological polar surface area (TPSA) is 30.5 Å². The van der Waals surface area contributed by atoms with Crippen molar-refractivity contribution in [1.29, 1.82) is 0 Å². The maximum Gasteiger partial charge on any atom is 0.411 e. The summed E-state index contributed by atoms with van der Waals surface area (Å²) in [6.07, 6.45) is -3.10. The van der Waals surface area contributed by atoms with E-state index in [0.717, 1.165) is 23.3 Å². The van der Waals surface area contributed by atoms with E-state index in [1.807, 2.05) is 6.07 Å². The van der Waals surface area contributed by atoms with Crippen LogP contribution in [0.5, 0.6) is 5.75 Å². The molecule has 0 radical (unpaired) electrons. The molecule has 0 amide bonds. The average molecular weight is 324 g/mol. The molecular formula is C14H17ClF3NO2. The molecule has 0 fully saturated rings. The third-order valence-corrected chi connectivity index (χ3v) is 3.54. The molecule has 1 aromatic rings. The van der Waals surface area contributed by atoms with E-state index in [0.29, 0.717) is 18.1 Å². The van der Waals surface area contributed by atoms with E-state index >= 15 is 0 Å². The molecule has 1 unspecified atom stereocenters. The molecule has 0 bridgehead atoms. The predicted molar refractivity (Wildman–Crippen MR) is 73.9 cm³/mol. The summed E-state index contributed by atoms with van der Waals surface area (Å²) in [7, 11) is 1.75. The Bertz CT molecular complexity index is 494. The number of nitrogens with one attached hydrogen (secondary N) is 1. The lowest BCUT2D eigenvalue weighted by Gasteiger charge is -2.20. The summed E-state index contributed by atoms with van der Waals surface area (Å²) < 4.78 is 46.4. The van der Waals surface area contributed by atoms with E-state index in [1.165, 1.54) is 0 Å². The molecular weight excluding hydrogens is 307 g/mol. The van der Waals surface area contributed by atoms with Crippen LogP contribution in [0.4, 0.5) is 13.2 Å². The van der Waals surface area contributed by atoms with Crippen molar-refractivity contribution >= 4 is 11.6 Å². The molecule has 21 heavy (non-hydrogen) atoms. The molecule has 0 saturated heterocycles. The van der Waals surface area contributed by atoms with Crippen molar-refractivity contribution in [2.75, 3.05) is 26.9 Å². The summed E-state index contributed by atoms with van der Waals surface area (Å²) in [6.45, 7) is -0.621. The summed E-state index contributed by atoms with van der Waals surface area (Å²) >= 11 is 6.09. The van der Waals surface area contributed by atoms with E-state index in [1.54, 1.807) is 13.1 Å². The van der Waals surface area contributed by atoms with Gasteiger partial charge in [-0.15, -0.1) is 0 Å². The first-order valence-corrected chi connectivity index (χ1v) is 7.05. The molecule has 1 N–H and O–H groups in total. The highest BCUT2D eigenvalue weighted by Gasteiger charge is 2.28. The molecule has 0 aromatic heterocycles. The van der Waals surface area contributed by atoms with Gasteiger partial charge in [0.1, 0.15) is 12.4 Å². The SMILES string of the molecule is CNC(CCOCC(F)(F)F)c1cc(Cl)cc2c1OCC2. The zero-order valence-electron chi connectivity index (χ0n) is 11.6. The summed E-state index contributed by atoms with van der Waals surface area (Å²) in [5.74, 6) is 0.787. The monoisotopic (exact) mass is 323 g/mol. The minimum Gasteiger partial charge on any atom is -0.493 e. The highest BCUT2D eigenvalue weighted by molar-refractivity contribution is 6.30. The molecule has 1 aromatic carbocycles. The first-order valence-electron chi connectivity index (χ1n) is 6.67. The smallest absolute Gasteiger partial charge is 0.411 e. The quantitative estimate of drug-likeness (QED) is 0.813.